The SMILES string of the molecule is CC(C)(C)OC(=O)n1cccc1CC(C(O)c1ccccc1)N(Cc1ccccc1)Cc1ccccc1. The lowest BCUT2D eigenvalue weighted by atomic mass is 9.95. The lowest BCUT2D eigenvalue weighted by molar-refractivity contribution is 0.0355. The maximum atomic E-state index is 13.0. The van der Waals surface area contributed by atoms with Crippen molar-refractivity contribution in [2.24, 2.45) is 0 Å². The van der Waals surface area contributed by atoms with E-state index in [0.717, 1.165) is 22.4 Å². The highest BCUT2D eigenvalue weighted by Gasteiger charge is 2.30. The van der Waals surface area contributed by atoms with Crippen molar-refractivity contribution < 1.29 is 14.6 Å². The maximum absolute atomic E-state index is 13.0. The van der Waals surface area contributed by atoms with Gasteiger partial charge in [0.2, 0.25) is 0 Å². The molecule has 4 aromatic rings. The van der Waals surface area contributed by atoms with E-state index in [1.807, 2.05) is 99.6 Å². The van der Waals surface area contributed by atoms with Gasteiger partial charge in [-0.15, -0.1) is 0 Å². The molecule has 0 fully saturated rings. The van der Waals surface area contributed by atoms with E-state index in [2.05, 4.69) is 29.2 Å². The van der Waals surface area contributed by atoms with E-state index in [-0.39, 0.29) is 6.04 Å². The molecule has 2 unspecified atom stereocenters. The van der Waals surface area contributed by atoms with Crippen molar-refractivity contribution in [3.63, 3.8) is 0 Å². The Balaban J connectivity index is 1.72. The fourth-order valence-electron chi connectivity index (χ4n) is 4.53. The lowest BCUT2D eigenvalue weighted by Crippen LogP contribution is -2.41. The Morgan fingerprint density at radius 3 is 1.84 bits per heavy atom. The fourth-order valence-corrected chi connectivity index (χ4v) is 4.53. The summed E-state index contributed by atoms with van der Waals surface area (Å²) in [5.41, 5.74) is 3.35. The highest BCUT2D eigenvalue weighted by molar-refractivity contribution is 5.72. The number of ether oxygens (including phenoxy) is 1. The van der Waals surface area contributed by atoms with Gasteiger partial charge in [0.1, 0.15) is 5.60 Å². The molecule has 2 atom stereocenters. The molecule has 4 rings (SSSR count). The summed E-state index contributed by atoms with van der Waals surface area (Å²) in [6.07, 6.45) is 1.00. The second-order valence-electron chi connectivity index (χ2n) is 10.4. The molecule has 0 saturated heterocycles. The van der Waals surface area contributed by atoms with E-state index in [4.69, 9.17) is 4.74 Å². The summed E-state index contributed by atoms with van der Waals surface area (Å²) in [6, 6.07) is 33.8. The molecule has 0 aliphatic carbocycles. The molecule has 0 amide bonds. The number of aliphatic hydroxyl groups is 1. The molecule has 0 saturated carbocycles. The molecule has 1 N–H and O–H groups in total. The van der Waals surface area contributed by atoms with Gasteiger partial charge >= 0.3 is 6.09 Å². The summed E-state index contributed by atoms with van der Waals surface area (Å²) in [7, 11) is 0. The highest BCUT2D eigenvalue weighted by Crippen LogP contribution is 2.28. The average molecular weight is 497 g/mol. The zero-order valence-corrected chi connectivity index (χ0v) is 21.8. The average Bonchev–Trinajstić information content (AvgIpc) is 3.36. The molecule has 5 heteroatoms. The first-order valence-electron chi connectivity index (χ1n) is 12.7. The van der Waals surface area contributed by atoms with Crippen molar-refractivity contribution >= 4 is 6.09 Å². The van der Waals surface area contributed by atoms with Crippen molar-refractivity contribution in [3.8, 4) is 0 Å². The van der Waals surface area contributed by atoms with Crippen LogP contribution >= 0.6 is 0 Å². The van der Waals surface area contributed by atoms with Crippen LogP contribution in [0.3, 0.4) is 0 Å². The van der Waals surface area contributed by atoms with Gasteiger partial charge in [0, 0.05) is 37.4 Å². The first-order chi connectivity index (χ1) is 17.8. The first-order valence-corrected chi connectivity index (χ1v) is 12.7. The quantitative estimate of drug-likeness (QED) is 0.283. The first kappa shape index (κ1) is 26.4. The Labute approximate surface area is 220 Å². The predicted octanol–water partition coefficient (Wildman–Crippen LogP) is 6.62. The standard InChI is InChI=1S/C32H36N2O3/c1-32(2,3)37-31(36)34-21-13-20-28(34)22-29(30(35)27-18-11-6-12-19-27)33(23-25-14-7-4-8-15-25)24-26-16-9-5-10-17-26/h4-21,29-30,35H,22-24H2,1-3H3. The topological polar surface area (TPSA) is 54.7 Å². The highest BCUT2D eigenvalue weighted by atomic mass is 16.6. The van der Waals surface area contributed by atoms with Crippen LogP contribution in [0.1, 0.15) is 49.3 Å². The van der Waals surface area contributed by atoms with Gasteiger partial charge < -0.3 is 9.84 Å². The number of nitrogens with zero attached hydrogens (tertiary/aromatic N) is 2. The minimum absolute atomic E-state index is 0.307. The number of carbonyl (C=O) groups is 1. The van der Waals surface area contributed by atoms with Crippen LogP contribution in [0, 0.1) is 0 Å². The third-order valence-electron chi connectivity index (χ3n) is 6.27. The summed E-state index contributed by atoms with van der Waals surface area (Å²) in [5, 5.41) is 11.8. The Bertz CT molecular complexity index is 1210. The Hall–Kier alpha value is -3.67. The van der Waals surface area contributed by atoms with E-state index in [1.165, 1.54) is 0 Å². The number of rotatable bonds is 9. The van der Waals surface area contributed by atoms with Crippen LogP contribution in [0.5, 0.6) is 0 Å². The predicted molar refractivity (Wildman–Crippen MR) is 147 cm³/mol. The van der Waals surface area contributed by atoms with Crippen LogP contribution in [-0.4, -0.2) is 32.3 Å². The van der Waals surface area contributed by atoms with Crippen molar-refractivity contribution in [1.29, 1.82) is 0 Å². The van der Waals surface area contributed by atoms with Gasteiger partial charge in [-0.05, 0) is 49.6 Å². The number of carbonyl (C=O) groups excluding carboxylic acids is 1. The molecular formula is C32H36N2O3. The van der Waals surface area contributed by atoms with Gasteiger partial charge in [0.25, 0.3) is 0 Å². The third kappa shape index (κ3) is 7.42. The number of aromatic nitrogens is 1. The van der Waals surface area contributed by atoms with Gasteiger partial charge in [-0.3, -0.25) is 9.47 Å². The van der Waals surface area contributed by atoms with Gasteiger partial charge in [-0.25, -0.2) is 4.79 Å². The van der Waals surface area contributed by atoms with Crippen LogP contribution in [-0.2, 0) is 24.2 Å². The number of aliphatic hydroxyl groups excluding tert-OH is 1. The zero-order valence-electron chi connectivity index (χ0n) is 21.8. The second-order valence-corrected chi connectivity index (χ2v) is 10.4. The van der Waals surface area contributed by atoms with E-state index in [9.17, 15) is 9.90 Å². The Morgan fingerprint density at radius 1 is 0.811 bits per heavy atom. The van der Waals surface area contributed by atoms with Crippen molar-refractivity contribution in [2.75, 3.05) is 0 Å². The molecule has 1 aromatic heterocycles. The van der Waals surface area contributed by atoms with Crippen molar-refractivity contribution in [1.82, 2.24) is 9.47 Å². The maximum Gasteiger partial charge on any atom is 0.418 e. The molecular weight excluding hydrogens is 460 g/mol. The van der Waals surface area contributed by atoms with E-state index in [1.54, 1.807) is 10.8 Å². The van der Waals surface area contributed by atoms with Crippen LogP contribution in [0.2, 0.25) is 0 Å². The molecule has 0 aliphatic rings. The molecule has 5 nitrogen and oxygen atoms in total. The number of benzene rings is 3. The smallest absolute Gasteiger partial charge is 0.418 e. The normalized spacial score (nSPS) is 13.3. The molecule has 0 spiro atoms. The molecule has 3 aromatic carbocycles. The lowest BCUT2D eigenvalue weighted by Gasteiger charge is -2.36. The van der Waals surface area contributed by atoms with Gasteiger partial charge in [-0.1, -0.05) is 91.0 Å². The summed E-state index contributed by atoms with van der Waals surface area (Å²) >= 11 is 0. The van der Waals surface area contributed by atoms with Crippen LogP contribution < -0.4 is 0 Å². The van der Waals surface area contributed by atoms with Crippen LogP contribution in [0.15, 0.2) is 109 Å². The number of hydrogen-bond acceptors (Lipinski definition) is 4. The molecule has 0 bridgehead atoms. The monoisotopic (exact) mass is 496 g/mol. The Kier molecular flexibility index (Phi) is 8.59. The molecule has 0 aliphatic heterocycles. The largest absolute Gasteiger partial charge is 0.443 e. The molecule has 192 valence electrons. The summed E-state index contributed by atoms with van der Waals surface area (Å²) < 4.78 is 7.20. The van der Waals surface area contributed by atoms with Gasteiger partial charge in [-0.2, -0.15) is 0 Å². The summed E-state index contributed by atoms with van der Waals surface area (Å²) in [5.74, 6) is 0. The third-order valence-corrected chi connectivity index (χ3v) is 6.27. The van der Waals surface area contributed by atoms with E-state index >= 15 is 0 Å². The van der Waals surface area contributed by atoms with Crippen molar-refractivity contribution in [3.05, 3.63) is 132 Å². The molecule has 0 radical (unpaired) electrons. The minimum atomic E-state index is -0.768. The molecule has 37 heavy (non-hydrogen) atoms. The number of hydrogen-bond donors (Lipinski definition) is 1. The zero-order chi connectivity index (χ0) is 26.3. The van der Waals surface area contributed by atoms with E-state index < -0.39 is 17.8 Å². The van der Waals surface area contributed by atoms with Crippen LogP contribution in [0.4, 0.5) is 4.79 Å². The Morgan fingerprint density at radius 2 is 1.32 bits per heavy atom. The summed E-state index contributed by atoms with van der Waals surface area (Å²) in [4.78, 5) is 15.3. The van der Waals surface area contributed by atoms with Crippen LogP contribution in [0.25, 0.3) is 0 Å². The summed E-state index contributed by atoms with van der Waals surface area (Å²) in [6.45, 7) is 6.88. The van der Waals surface area contributed by atoms with Crippen molar-refractivity contribution in [2.45, 2.75) is 58.0 Å². The van der Waals surface area contributed by atoms with Gasteiger partial charge in [0.15, 0.2) is 0 Å². The second kappa shape index (κ2) is 12.0. The molecule has 1 heterocycles. The fraction of sp³-hybridized carbons (Fsp3) is 0.281. The van der Waals surface area contributed by atoms with Gasteiger partial charge in [0.05, 0.1) is 6.10 Å². The van der Waals surface area contributed by atoms with E-state index in [0.29, 0.717) is 19.5 Å². The minimum Gasteiger partial charge on any atom is -0.443 e.